The van der Waals surface area contributed by atoms with Crippen molar-refractivity contribution in [1.82, 2.24) is 9.71 Å². The Balaban J connectivity index is 1.81. The van der Waals surface area contributed by atoms with E-state index in [0.717, 1.165) is 17.7 Å². The number of hydrogen-bond acceptors (Lipinski definition) is 4. The van der Waals surface area contributed by atoms with Crippen LogP contribution in [-0.2, 0) is 16.4 Å². The number of ether oxygens (including phenoxy) is 1. The molecule has 1 heterocycles. The normalized spacial score (nSPS) is 10.8. The fourth-order valence-electron chi connectivity index (χ4n) is 1.89. The average Bonchev–Trinajstić information content (AvgIpc) is 2.59. The SMILES string of the molecule is CCc1ccc(S(=O)(=O)NCC#CCOc2ccc(C)nc2)cc1. The molecule has 1 aromatic heterocycles. The molecular formula is C18H20N2O3S. The second-order valence-electron chi connectivity index (χ2n) is 5.10. The highest BCUT2D eigenvalue weighted by Crippen LogP contribution is 2.10. The van der Waals surface area contributed by atoms with Crippen molar-refractivity contribution >= 4 is 10.0 Å². The Hall–Kier alpha value is -2.36. The topological polar surface area (TPSA) is 68.3 Å². The van der Waals surface area contributed by atoms with E-state index >= 15 is 0 Å². The molecule has 24 heavy (non-hydrogen) atoms. The Labute approximate surface area is 143 Å². The van der Waals surface area contributed by atoms with E-state index in [4.69, 9.17) is 4.74 Å². The average molecular weight is 344 g/mol. The summed E-state index contributed by atoms with van der Waals surface area (Å²) in [6.07, 6.45) is 2.50. The third-order valence-electron chi connectivity index (χ3n) is 3.31. The molecule has 6 heteroatoms. The molecule has 0 radical (unpaired) electrons. The van der Waals surface area contributed by atoms with Gasteiger partial charge in [0.05, 0.1) is 17.6 Å². The van der Waals surface area contributed by atoms with Gasteiger partial charge in [0.1, 0.15) is 12.4 Å². The van der Waals surface area contributed by atoms with Crippen LogP contribution in [0.1, 0.15) is 18.2 Å². The van der Waals surface area contributed by atoms with Crippen LogP contribution in [0, 0.1) is 18.8 Å². The van der Waals surface area contributed by atoms with Crippen LogP contribution >= 0.6 is 0 Å². The molecule has 0 fully saturated rings. The zero-order chi connectivity index (χ0) is 17.4. The quantitative estimate of drug-likeness (QED) is 0.817. The number of nitrogens with one attached hydrogen (secondary N) is 1. The van der Waals surface area contributed by atoms with Gasteiger partial charge in [0.2, 0.25) is 10.0 Å². The second-order valence-corrected chi connectivity index (χ2v) is 6.87. The summed E-state index contributed by atoms with van der Waals surface area (Å²) in [5.41, 5.74) is 2.01. The molecule has 0 spiro atoms. The third kappa shape index (κ3) is 5.37. The van der Waals surface area contributed by atoms with Crippen LogP contribution in [-0.4, -0.2) is 26.6 Å². The van der Waals surface area contributed by atoms with Gasteiger partial charge in [-0.15, -0.1) is 0 Å². The minimum atomic E-state index is -3.53. The zero-order valence-corrected chi connectivity index (χ0v) is 14.6. The lowest BCUT2D eigenvalue weighted by molar-refractivity contribution is 0.368. The molecule has 0 atom stereocenters. The molecular weight excluding hydrogens is 324 g/mol. The van der Waals surface area contributed by atoms with Gasteiger partial charge in [-0.05, 0) is 43.2 Å². The summed E-state index contributed by atoms with van der Waals surface area (Å²) in [5.74, 6) is 6.12. The first-order chi connectivity index (χ1) is 11.5. The van der Waals surface area contributed by atoms with Crippen molar-refractivity contribution in [3.05, 3.63) is 53.9 Å². The first kappa shape index (κ1) is 18.0. The number of rotatable bonds is 6. The summed E-state index contributed by atoms with van der Waals surface area (Å²) in [6.45, 7) is 4.13. The number of pyridine rings is 1. The van der Waals surface area contributed by atoms with E-state index in [9.17, 15) is 8.42 Å². The lowest BCUT2D eigenvalue weighted by Gasteiger charge is -2.04. The standard InChI is InChI=1S/C18H20N2O3S/c1-3-16-7-10-18(11-8-16)24(21,22)20-12-4-5-13-23-17-9-6-15(2)19-14-17/h6-11,14,20H,3,12-13H2,1-2H3. The Morgan fingerprint density at radius 1 is 1.12 bits per heavy atom. The summed E-state index contributed by atoms with van der Waals surface area (Å²) in [7, 11) is -3.53. The third-order valence-corrected chi connectivity index (χ3v) is 4.73. The van der Waals surface area contributed by atoms with Crippen molar-refractivity contribution in [3.8, 4) is 17.6 Å². The van der Waals surface area contributed by atoms with Crippen LogP contribution < -0.4 is 9.46 Å². The monoisotopic (exact) mass is 344 g/mol. The summed E-state index contributed by atoms with van der Waals surface area (Å²) in [6, 6.07) is 10.5. The molecule has 2 rings (SSSR count). The number of sulfonamides is 1. The fraction of sp³-hybridized carbons (Fsp3) is 0.278. The van der Waals surface area contributed by atoms with E-state index in [-0.39, 0.29) is 18.0 Å². The lowest BCUT2D eigenvalue weighted by Crippen LogP contribution is -2.24. The van der Waals surface area contributed by atoms with Crippen LogP contribution in [0.3, 0.4) is 0 Å². The maximum atomic E-state index is 12.1. The molecule has 5 nitrogen and oxygen atoms in total. The molecule has 0 aliphatic heterocycles. The van der Waals surface area contributed by atoms with Gasteiger partial charge in [0, 0.05) is 5.69 Å². The highest BCUT2D eigenvalue weighted by molar-refractivity contribution is 7.89. The van der Waals surface area contributed by atoms with Gasteiger partial charge in [0.15, 0.2) is 0 Å². The molecule has 0 aliphatic carbocycles. The smallest absolute Gasteiger partial charge is 0.241 e. The minimum absolute atomic E-state index is 0.0351. The Morgan fingerprint density at radius 2 is 1.88 bits per heavy atom. The predicted molar refractivity (Wildman–Crippen MR) is 93.3 cm³/mol. The van der Waals surface area contributed by atoms with E-state index in [0.29, 0.717) is 5.75 Å². The molecule has 0 saturated heterocycles. The van der Waals surface area contributed by atoms with Gasteiger partial charge >= 0.3 is 0 Å². The summed E-state index contributed by atoms with van der Waals surface area (Å²) >= 11 is 0. The van der Waals surface area contributed by atoms with Crippen LogP contribution in [0.5, 0.6) is 5.75 Å². The molecule has 126 valence electrons. The van der Waals surface area contributed by atoms with Crippen molar-refractivity contribution in [2.75, 3.05) is 13.2 Å². The van der Waals surface area contributed by atoms with Gasteiger partial charge in [-0.3, -0.25) is 4.98 Å². The van der Waals surface area contributed by atoms with Gasteiger partial charge in [0.25, 0.3) is 0 Å². The van der Waals surface area contributed by atoms with E-state index in [2.05, 4.69) is 21.5 Å². The van der Waals surface area contributed by atoms with E-state index in [1.54, 1.807) is 18.3 Å². The number of aromatic nitrogens is 1. The highest BCUT2D eigenvalue weighted by Gasteiger charge is 2.11. The van der Waals surface area contributed by atoms with Crippen LogP contribution in [0.2, 0.25) is 0 Å². The number of hydrogen-bond donors (Lipinski definition) is 1. The van der Waals surface area contributed by atoms with E-state index in [1.165, 1.54) is 0 Å². The van der Waals surface area contributed by atoms with E-state index < -0.39 is 10.0 Å². The molecule has 0 saturated carbocycles. The van der Waals surface area contributed by atoms with E-state index in [1.807, 2.05) is 38.1 Å². The minimum Gasteiger partial charge on any atom is -0.479 e. The van der Waals surface area contributed by atoms with Crippen LogP contribution in [0.25, 0.3) is 0 Å². The Morgan fingerprint density at radius 3 is 2.50 bits per heavy atom. The number of nitrogens with zero attached hydrogens (tertiary/aromatic N) is 1. The van der Waals surface area contributed by atoms with Crippen molar-refractivity contribution in [1.29, 1.82) is 0 Å². The molecule has 0 amide bonds. The van der Waals surface area contributed by atoms with Crippen molar-refractivity contribution in [3.63, 3.8) is 0 Å². The predicted octanol–water partition coefficient (Wildman–Crippen LogP) is 2.31. The van der Waals surface area contributed by atoms with Gasteiger partial charge < -0.3 is 4.74 Å². The summed E-state index contributed by atoms with van der Waals surface area (Å²) in [5, 5.41) is 0. The van der Waals surface area contributed by atoms with Crippen molar-refractivity contribution in [2.45, 2.75) is 25.2 Å². The largest absolute Gasteiger partial charge is 0.479 e. The summed E-state index contributed by atoms with van der Waals surface area (Å²) in [4.78, 5) is 4.35. The molecule has 0 bridgehead atoms. The molecule has 0 aliphatic rings. The molecule has 2 aromatic rings. The fourth-order valence-corrected chi connectivity index (χ4v) is 2.81. The molecule has 1 N–H and O–H groups in total. The van der Waals surface area contributed by atoms with Crippen LogP contribution in [0.15, 0.2) is 47.5 Å². The first-order valence-electron chi connectivity index (χ1n) is 7.61. The first-order valence-corrected chi connectivity index (χ1v) is 9.09. The highest BCUT2D eigenvalue weighted by atomic mass is 32.2. The maximum absolute atomic E-state index is 12.1. The van der Waals surface area contributed by atoms with Gasteiger partial charge in [-0.25, -0.2) is 8.42 Å². The maximum Gasteiger partial charge on any atom is 0.241 e. The molecule has 0 unspecified atom stereocenters. The van der Waals surface area contributed by atoms with Crippen molar-refractivity contribution in [2.24, 2.45) is 0 Å². The Bertz CT molecular complexity index is 817. The lowest BCUT2D eigenvalue weighted by atomic mass is 10.2. The van der Waals surface area contributed by atoms with Gasteiger partial charge in [-0.2, -0.15) is 4.72 Å². The number of aryl methyl sites for hydroxylation is 2. The van der Waals surface area contributed by atoms with Crippen molar-refractivity contribution < 1.29 is 13.2 Å². The zero-order valence-electron chi connectivity index (χ0n) is 13.7. The Kier molecular flexibility index (Phi) is 6.36. The van der Waals surface area contributed by atoms with Crippen LogP contribution in [0.4, 0.5) is 0 Å². The molecule has 1 aromatic carbocycles. The number of benzene rings is 1. The summed E-state index contributed by atoms with van der Waals surface area (Å²) < 4.78 is 32.0. The van der Waals surface area contributed by atoms with Gasteiger partial charge in [-0.1, -0.05) is 30.9 Å². The second kappa shape index (κ2) is 8.48.